The van der Waals surface area contributed by atoms with Gasteiger partial charge in [0.05, 0.1) is 5.69 Å². The van der Waals surface area contributed by atoms with E-state index in [1.54, 1.807) is 0 Å². The third kappa shape index (κ3) is 1.63. The zero-order chi connectivity index (χ0) is 11.1. The number of hydrogen-bond acceptors (Lipinski definition) is 3. The Hall–Kier alpha value is -0.650. The minimum absolute atomic E-state index is 0.349. The predicted molar refractivity (Wildman–Crippen MR) is 71.3 cm³/mol. The van der Waals surface area contributed by atoms with Crippen LogP contribution < -0.4 is 14.4 Å². The topological polar surface area (TPSA) is 21.7 Å². The molecule has 86 valence electrons. The lowest BCUT2D eigenvalue weighted by Gasteiger charge is -2.36. The summed E-state index contributed by atoms with van der Waals surface area (Å²) in [6.45, 7) is 0.349. The highest BCUT2D eigenvalue weighted by molar-refractivity contribution is 14.1. The average molecular weight is 331 g/mol. The van der Waals surface area contributed by atoms with Crippen LogP contribution in [0.3, 0.4) is 0 Å². The Kier molecular flexibility index (Phi) is 2.61. The van der Waals surface area contributed by atoms with Gasteiger partial charge in [-0.25, -0.2) is 0 Å². The number of rotatable bonds is 2. The molecule has 1 heterocycles. The summed E-state index contributed by atoms with van der Waals surface area (Å²) in [5.41, 5.74) is 1.26. The minimum atomic E-state index is 0.349. The van der Waals surface area contributed by atoms with E-state index in [4.69, 9.17) is 9.47 Å². The zero-order valence-electron chi connectivity index (χ0n) is 9.20. The molecule has 0 atom stereocenters. The molecule has 3 nitrogen and oxygen atoms in total. The normalized spacial score (nSPS) is 18.4. The summed E-state index contributed by atoms with van der Waals surface area (Å²) in [6.07, 6.45) is 3.97. The minimum Gasteiger partial charge on any atom is -0.454 e. The van der Waals surface area contributed by atoms with Crippen LogP contribution in [0, 0.1) is 3.57 Å². The van der Waals surface area contributed by atoms with Crippen molar-refractivity contribution >= 4 is 28.3 Å². The lowest BCUT2D eigenvalue weighted by atomic mass is 9.91. The van der Waals surface area contributed by atoms with E-state index >= 15 is 0 Å². The van der Waals surface area contributed by atoms with E-state index in [9.17, 15) is 0 Å². The van der Waals surface area contributed by atoms with Gasteiger partial charge in [-0.2, -0.15) is 0 Å². The number of ether oxygens (including phenoxy) is 2. The molecule has 2 aliphatic rings. The van der Waals surface area contributed by atoms with Crippen molar-refractivity contribution in [1.82, 2.24) is 0 Å². The highest BCUT2D eigenvalue weighted by Crippen LogP contribution is 2.40. The Morgan fingerprint density at radius 1 is 1.25 bits per heavy atom. The summed E-state index contributed by atoms with van der Waals surface area (Å²) in [5.74, 6) is 1.75. The fraction of sp³-hybridized carbons (Fsp3) is 0.500. The maximum absolute atomic E-state index is 5.42. The Labute approximate surface area is 109 Å². The molecule has 0 saturated heterocycles. The molecule has 1 aliphatic heterocycles. The third-order valence-electron chi connectivity index (χ3n) is 3.44. The van der Waals surface area contributed by atoms with Gasteiger partial charge in [0.1, 0.15) is 0 Å². The SMILES string of the molecule is CN(c1cc2c(cc1I)OCO2)C1CCC1. The molecule has 1 saturated carbocycles. The van der Waals surface area contributed by atoms with Crippen LogP contribution >= 0.6 is 22.6 Å². The molecule has 0 amide bonds. The number of anilines is 1. The van der Waals surface area contributed by atoms with Crippen LogP contribution in [-0.4, -0.2) is 19.9 Å². The van der Waals surface area contributed by atoms with E-state index in [1.165, 1.54) is 28.5 Å². The molecule has 0 unspecified atom stereocenters. The number of nitrogens with zero attached hydrogens (tertiary/aromatic N) is 1. The van der Waals surface area contributed by atoms with Gasteiger partial charge in [0.25, 0.3) is 0 Å². The van der Waals surface area contributed by atoms with E-state index in [0.29, 0.717) is 12.8 Å². The molecule has 1 fully saturated rings. The van der Waals surface area contributed by atoms with Gasteiger partial charge in [-0.3, -0.25) is 0 Å². The molecule has 0 bridgehead atoms. The van der Waals surface area contributed by atoms with Crippen molar-refractivity contribution in [2.24, 2.45) is 0 Å². The zero-order valence-corrected chi connectivity index (χ0v) is 11.4. The Balaban J connectivity index is 1.94. The molecular weight excluding hydrogens is 317 g/mol. The van der Waals surface area contributed by atoms with E-state index in [-0.39, 0.29) is 0 Å². The van der Waals surface area contributed by atoms with E-state index in [1.807, 2.05) is 0 Å². The van der Waals surface area contributed by atoms with Crippen LogP contribution in [0.5, 0.6) is 11.5 Å². The maximum atomic E-state index is 5.42. The van der Waals surface area contributed by atoms with Crippen molar-refractivity contribution in [2.45, 2.75) is 25.3 Å². The van der Waals surface area contributed by atoms with Gasteiger partial charge < -0.3 is 14.4 Å². The fourth-order valence-electron chi connectivity index (χ4n) is 2.15. The quantitative estimate of drug-likeness (QED) is 0.778. The monoisotopic (exact) mass is 331 g/mol. The van der Waals surface area contributed by atoms with Gasteiger partial charge in [-0.05, 0) is 47.9 Å². The molecular formula is C12H14INO2. The Morgan fingerprint density at radius 2 is 1.94 bits per heavy atom. The number of fused-ring (bicyclic) bond motifs is 1. The van der Waals surface area contributed by atoms with Gasteiger partial charge in [0, 0.05) is 22.7 Å². The Bertz CT molecular complexity index is 418. The fourth-order valence-corrected chi connectivity index (χ4v) is 2.97. The van der Waals surface area contributed by atoms with Crippen LogP contribution in [0.2, 0.25) is 0 Å². The van der Waals surface area contributed by atoms with Crippen molar-refractivity contribution in [3.05, 3.63) is 15.7 Å². The van der Waals surface area contributed by atoms with E-state index in [0.717, 1.165) is 11.5 Å². The molecule has 0 spiro atoms. The van der Waals surface area contributed by atoms with Crippen LogP contribution in [0.1, 0.15) is 19.3 Å². The van der Waals surface area contributed by atoms with Gasteiger partial charge in [0.15, 0.2) is 11.5 Å². The van der Waals surface area contributed by atoms with E-state index < -0.39 is 0 Å². The molecule has 1 aliphatic carbocycles. The molecule has 0 N–H and O–H groups in total. The lowest BCUT2D eigenvalue weighted by molar-refractivity contribution is 0.174. The summed E-state index contributed by atoms with van der Waals surface area (Å²) in [6, 6.07) is 4.87. The van der Waals surface area contributed by atoms with Crippen LogP contribution in [0.25, 0.3) is 0 Å². The summed E-state index contributed by atoms with van der Waals surface area (Å²) < 4.78 is 12.0. The molecule has 16 heavy (non-hydrogen) atoms. The number of benzene rings is 1. The van der Waals surface area contributed by atoms with Crippen LogP contribution in [-0.2, 0) is 0 Å². The van der Waals surface area contributed by atoms with Gasteiger partial charge in [0.2, 0.25) is 6.79 Å². The first-order valence-electron chi connectivity index (χ1n) is 5.57. The van der Waals surface area contributed by atoms with Crippen molar-refractivity contribution in [2.75, 3.05) is 18.7 Å². The van der Waals surface area contributed by atoms with Crippen LogP contribution in [0.4, 0.5) is 5.69 Å². The molecule has 1 aromatic rings. The second kappa shape index (κ2) is 3.98. The Morgan fingerprint density at radius 3 is 2.56 bits per heavy atom. The number of hydrogen-bond donors (Lipinski definition) is 0. The summed E-state index contributed by atoms with van der Waals surface area (Å²) in [7, 11) is 2.17. The molecule has 3 rings (SSSR count). The first-order valence-corrected chi connectivity index (χ1v) is 6.65. The third-order valence-corrected chi connectivity index (χ3v) is 4.31. The molecule has 0 aromatic heterocycles. The summed E-state index contributed by atoms with van der Waals surface area (Å²) >= 11 is 2.37. The van der Waals surface area contributed by atoms with Crippen molar-refractivity contribution < 1.29 is 9.47 Å². The largest absolute Gasteiger partial charge is 0.454 e. The standard InChI is InChI=1S/C12H14INO2/c1-14(8-3-2-4-8)10-6-12-11(5-9(10)13)15-7-16-12/h5-6,8H,2-4,7H2,1H3. The maximum Gasteiger partial charge on any atom is 0.231 e. The second-order valence-corrected chi connectivity index (χ2v) is 5.51. The van der Waals surface area contributed by atoms with Gasteiger partial charge >= 0.3 is 0 Å². The smallest absolute Gasteiger partial charge is 0.231 e. The highest BCUT2D eigenvalue weighted by Gasteiger charge is 2.25. The first kappa shape index (κ1) is 10.5. The lowest BCUT2D eigenvalue weighted by Crippen LogP contribution is -2.37. The van der Waals surface area contributed by atoms with Gasteiger partial charge in [-0.1, -0.05) is 0 Å². The van der Waals surface area contributed by atoms with Crippen molar-refractivity contribution in [1.29, 1.82) is 0 Å². The predicted octanol–water partition coefficient (Wildman–Crippen LogP) is 3.01. The van der Waals surface area contributed by atoms with E-state index in [2.05, 4.69) is 46.7 Å². The van der Waals surface area contributed by atoms with Crippen LogP contribution in [0.15, 0.2) is 12.1 Å². The number of halogens is 1. The summed E-state index contributed by atoms with van der Waals surface area (Å²) in [4.78, 5) is 2.37. The van der Waals surface area contributed by atoms with Crippen molar-refractivity contribution in [3.63, 3.8) is 0 Å². The second-order valence-electron chi connectivity index (χ2n) is 4.35. The highest BCUT2D eigenvalue weighted by atomic mass is 127. The van der Waals surface area contributed by atoms with Gasteiger partial charge in [-0.15, -0.1) is 0 Å². The molecule has 0 radical (unpaired) electrons. The molecule has 1 aromatic carbocycles. The first-order chi connectivity index (χ1) is 7.75. The summed E-state index contributed by atoms with van der Waals surface area (Å²) in [5, 5.41) is 0. The average Bonchev–Trinajstić information content (AvgIpc) is 2.60. The van der Waals surface area contributed by atoms with Crippen molar-refractivity contribution in [3.8, 4) is 11.5 Å². The molecule has 4 heteroatoms.